The quantitative estimate of drug-likeness (QED) is 0.640. The minimum Gasteiger partial charge on any atom is -0.351 e. The van der Waals surface area contributed by atoms with Gasteiger partial charge >= 0.3 is 6.03 Å². The van der Waals surface area contributed by atoms with Gasteiger partial charge < -0.3 is 5.73 Å². The number of aryl methyl sites for hydroxylation is 1. The summed E-state index contributed by atoms with van der Waals surface area (Å²) in [5.41, 5.74) is 6.33. The van der Waals surface area contributed by atoms with Gasteiger partial charge in [0.25, 0.3) is 0 Å². The van der Waals surface area contributed by atoms with Crippen molar-refractivity contribution in [3.8, 4) is 0 Å². The lowest BCUT2D eigenvalue weighted by Crippen LogP contribution is -2.39. The highest BCUT2D eigenvalue weighted by Gasteiger charge is 2.20. The zero-order valence-electron chi connectivity index (χ0n) is 7.23. The van der Waals surface area contributed by atoms with Gasteiger partial charge in [0.15, 0.2) is 0 Å². The summed E-state index contributed by atoms with van der Waals surface area (Å²) in [6, 6.07) is 3.44. The summed E-state index contributed by atoms with van der Waals surface area (Å²) >= 11 is 0. The Kier molecular flexibility index (Phi) is 1.88. The number of aromatic nitrogens is 1. The number of nitrogens with zero attached hydrogens (tertiary/aromatic N) is 2. The summed E-state index contributed by atoms with van der Waals surface area (Å²) in [7, 11) is 0. The van der Waals surface area contributed by atoms with Crippen LogP contribution in [0.5, 0.6) is 0 Å². The summed E-state index contributed by atoms with van der Waals surface area (Å²) in [5, 5.41) is 0. The third-order valence-electron chi connectivity index (χ3n) is 2.22. The van der Waals surface area contributed by atoms with Crippen molar-refractivity contribution in [2.75, 3.05) is 11.4 Å². The molecular formula is C9H11N3O. The molecule has 0 unspecified atom stereocenters. The maximum Gasteiger partial charge on any atom is 0.320 e. The first-order chi connectivity index (χ1) is 6.29. The lowest BCUT2D eigenvalue weighted by atomic mass is 10.1. The standard InChI is InChI=1S/C9H11N3O/c10-9(13)12-6-2-4-7-3-1-5-11-8(7)12/h1,3,5H,2,4,6H2,(H2,10,13). The van der Waals surface area contributed by atoms with Gasteiger partial charge in [0.1, 0.15) is 5.82 Å². The maximum absolute atomic E-state index is 11.0. The van der Waals surface area contributed by atoms with Crippen molar-refractivity contribution in [3.05, 3.63) is 23.9 Å². The van der Waals surface area contributed by atoms with Crippen molar-refractivity contribution in [2.45, 2.75) is 12.8 Å². The first-order valence-electron chi connectivity index (χ1n) is 4.30. The van der Waals surface area contributed by atoms with Crippen LogP contribution in [-0.2, 0) is 6.42 Å². The molecule has 2 rings (SSSR count). The molecule has 0 saturated heterocycles. The van der Waals surface area contributed by atoms with Crippen LogP contribution >= 0.6 is 0 Å². The highest BCUT2D eigenvalue weighted by Crippen LogP contribution is 2.23. The lowest BCUT2D eigenvalue weighted by molar-refractivity contribution is 0.253. The Morgan fingerprint density at radius 2 is 2.46 bits per heavy atom. The number of urea groups is 1. The third kappa shape index (κ3) is 1.35. The summed E-state index contributed by atoms with van der Waals surface area (Å²) < 4.78 is 0. The summed E-state index contributed by atoms with van der Waals surface area (Å²) in [5.74, 6) is 0.723. The Morgan fingerprint density at radius 3 is 3.23 bits per heavy atom. The van der Waals surface area contributed by atoms with Crippen molar-refractivity contribution in [2.24, 2.45) is 5.73 Å². The molecule has 4 nitrogen and oxygen atoms in total. The molecule has 4 heteroatoms. The number of nitrogens with two attached hydrogens (primary N) is 1. The molecule has 1 aromatic heterocycles. The summed E-state index contributed by atoms with van der Waals surface area (Å²) in [6.45, 7) is 0.680. The molecule has 0 radical (unpaired) electrons. The predicted molar refractivity (Wildman–Crippen MR) is 49.5 cm³/mol. The van der Waals surface area contributed by atoms with Gasteiger partial charge in [-0.15, -0.1) is 0 Å². The van der Waals surface area contributed by atoms with Crippen LogP contribution in [0.4, 0.5) is 10.6 Å². The number of hydrogen-bond donors (Lipinski definition) is 1. The fourth-order valence-corrected chi connectivity index (χ4v) is 1.62. The molecule has 0 aromatic carbocycles. The first kappa shape index (κ1) is 8.04. The van der Waals surface area contributed by atoms with E-state index in [4.69, 9.17) is 5.73 Å². The van der Waals surface area contributed by atoms with Crippen molar-refractivity contribution < 1.29 is 4.79 Å². The fourth-order valence-electron chi connectivity index (χ4n) is 1.62. The number of carbonyl (C=O) groups excluding carboxylic acids is 1. The highest BCUT2D eigenvalue weighted by atomic mass is 16.2. The van der Waals surface area contributed by atoms with Crippen LogP contribution in [-0.4, -0.2) is 17.6 Å². The molecule has 1 aromatic rings. The second kappa shape index (κ2) is 3.05. The molecule has 1 aliphatic rings. The molecule has 13 heavy (non-hydrogen) atoms. The molecule has 2 N–H and O–H groups in total. The van der Waals surface area contributed by atoms with Crippen LogP contribution in [0.3, 0.4) is 0 Å². The molecule has 2 amide bonds. The Hall–Kier alpha value is -1.58. The average Bonchev–Trinajstić information content (AvgIpc) is 2.17. The minimum atomic E-state index is -0.417. The van der Waals surface area contributed by atoms with Crippen molar-refractivity contribution in [3.63, 3.8) is 0 Å². The number of pyridine rings is 1. The van der Waals surface area contributed by atoms with E-state index < -0.39 is 6.03 Å². The van der Waals surface area contributed by atoms with Gasteiger partial charge in [-0.05, 0) is 24.5 Å². The maximum atomic E-state index is 11.0. The van der Waals surface area contributed by atoms with Gasteiger partial charge in [-0.25, -0.2) is 9.78 Å². The molecule has 2 heterocycles. The average molecular weight is 177 g/mol. The van der Waals surface area contributed by atoms with E-state index in [-0.39, 0.29) is 0 Å². The molecule has 0 atom stereocenters. The van der Waals surface area contributed by atoms with Crippen LogP contribution < -0.4 is 10.6 Å². The molecular weight excluding hydrogens is 166 g/mol. The van der Waals surface area contributed by atoms with Crippen molar-refractivity contribution in [1.29, 1.82) is 0 Å². The van der Waals surface area contributed by atoms with Crippen LogP contribution in [0.25, 0.3) is 0 Å². The Balaban J connectivity index is 2.42. The van der Waals surface area contributed by atoms with Gasteiger partial charge in [-0.1, -0.05) is 6.07 Å². The van der Waals surface area contributed by atoms with Gasteiger partial charge in [0.2, 0.25) is 0 Å². The van der Waals surface area contributed by atoms with E-state index in [1.54, 1.807) is 6.20 Å². The number of anilines is 1. The number of fused-ring (bicyclic) bond motifs is 1. The molecule has 0 saturated carbocycles. The molecule has 68 valence electrons. The molecule has 0 bridgehead atoms. The normalized spacial score (nSPS) is 15.2. The Bertz CT molecular complexity index is 337. The fraction of sp³-hybridized carbons (Fsp3) is 0.333. The van der Waals surface area contributed by atoms with Gasteiger partial charge in [-0.3, -0.25) is 4.90 Å². The van der Waals surface area contributed by atoms with Crippen LogP contribution in [0, 0.1) is 0 Å². The van der Waals surface area contributed by atoms with Gasteiger partial charge in [0, 0.05) is 12.7 Å². The topological polar surface area (TPSA) is 59.2 Å². The zero-order chi connectivity index (χ0) is 9.26. The predicted octanol–water partition coefficient (Wildman–Crippen LogP) is 0.913. The van der Waals surface area contributed by atoms with Crippen LogP contribution in [0.15, 0.2) is 18.3 Å². The van der Waals surface area contributed by atoms with Crippen LogP contribution in [0.1, 0.15) is 12.0 Å². The van der Waals surface area contributed by atoms with E-state index in [2.05, 4.69) is 4.98 Å². The van der Waals surface area contributed by atoms with E-state index in [1.165, 1.54) is 4.90 Å². The SMILES string of the molecule is NC(=O)N1CCCc2cccnc21. The lowest BCUT2D eigenvalue weighted by Gasteiger charge is -2.26. The monoisotopic (exact) mass is 177 g/mol. The zero-order valence-corrected chi connectivity index (χ0v) is 7.23. The van der Waals surface area contributed by atoms with E-state index >= 15 is 0 Å². The first-order valence-corrected chi connectivity index (χ1v) is 4.30. The number of rotatable bonds is 0. The second-order valence-electron chi connectivity index (χ2n) is 3.08. The number of carbonyl (C=O) groups is 1. The molecule has 0 spiro atoms. The van der Waals surface area contributed by atoms with Crippen LogP contribution in [0.2, 0.25) is 0 Å². The Morgan fingerprint density at radius 1 is 1.62 bits per heavy atom. The van der Waals surface area contributed by atoms with E-state index in [0.717, 1.165) is 24.2 Å². The van der Waals surface area contributed by atoms with Gasteiger partial charge in [-0.2, -0.15) is 0 Å². The molecule has 0 fully saturated rings. The van der Waals surface area contributed by atoms with Crippen molar-refractivity contribution in [1.82, 2.24) is 4.98 Å². The minimum absolute atomic E-state index is 0.417. The smallest absolute Gasteiger partial charge is 0.320 e. The summed E-state index contributed by atoms with van der Waals surface area (Å²) in [6.07, 6.45) is 3.62. The Labute approximate surface area is 76.4 Å². The number of hydrogen-bond acceptors (Lipinski definition) is 2. The number of primary amides is 1. The van der Waals surface area contributed by atoms with Crippen molar-refractivity contribution >= 4 is 11.8 Å². The molecule has 1 aliphatic heterocycles. The highest BCUT2D eigenvalue weighted by molar-refractivity contribution is 5.90. The largest absolute Gasteiger partial charge is 0.351 e. The molecule has 0 aliphatic carbocycles. The second-order valence-corrected chi connectivity index (χ2v) is 3.08. The summed E-state index contributed by atoms with van der Waals surface area (Å²) in [4.78, 5) is 16.7. The third-order valence-corrected chi connectivity index (χ3v) is 2.22. The van der Waals surface area contributed by atoms with Gasteiger partial charge in [0.05, 0.1) is 0 Å². The number of amides is 2. The van der Waals surface area contributed by atoms with E-state index in [0.29, 0.717) is 6.54 Å². The van der Waals surface area contributed by atoms with E-state index in [1.807, 2.05) is 12.1 Å². The van der Waals surface area contributed by atoms with E-state index in [9.17, 15) is 4.79 Å².